The van der Waals surface area contributed by atoms with Crippen molar-refractivity contribution in [3.63, 3.8) is 0 Å². The molecule has 0 aliphatic heterocycles. The molecule has 0 amide bonds. The Morgan fingerprint density at radius 2 is 2.10 bits per heavy atom. The standard InChI is InChI=1S/C16H23N3O2/c1-4-21-10-14(16(2,3)20)19-15-11-7-5-6-8-13(11)18-9-12(15)17/h5-9,14,20H,4,10,17H2,1-3H3,(H,18,19)/t14-/m1/s1. The van der Waals surface area contributed by atoms with Crippen molar-refractivity contribution in [1.82, 2.24) is 4.98 Å². The molecule has 0 saturated carbocycles. The number of hydrogen-bond donors (Lipinski definition) is 3. The van der Waals surface area contributed by atoms with Crippen molar-refractivity contribution < 1.29 is 9.84 Å². The van der Waals surface area contributed by atoms with Gasteiger partial charge in [-0.05, 0) is 26.8 Å². The van der Waals surface area contributed by atoms with Crippen LogP contribution in [0.25, 0.3) is 10.9 Å². The summed E-state index contributed by atoms with van der Waals surface area (Å²) in [7, 11) is 0. The van der Waals surface area contributed by atoms with E-state index in [1.165, 1.54) is 0 Å². The van der Waals surface area contributed by atoms with E-state index >= 15 is 0 Å². The van der Waals surface area contributed by atoms with Crippen molar-refractivity contribution in [1.29, 1.82) is 0 Å². The van der Waals surface area contributed by atoms with Crippen LogP contribution in [0.15, 0.2) is 30.5 Å². The summed E-state index contributed by atoms with van der Waals surface area (Å²) in [4.78, 5) is 4.31. The van der Waals surface area contributed by atoms with Crippen LogP contribution in [0.4, 0.5) is 11.4 Å². The predicted molar refractivity (Wildman–Crippen MR) is 86.4 cm³/mol. The van der Waals surface area contributed by atoms with E-state index in [-0.39, 0.29) is 6.04 Å². The molecule has 1 aromatic carbocycles. The number of fused-ring (bicyclic) bond motifs is 1. The van der Waals surface area contributed by atoms with Gasteiger partial charge in [-0.3, -0.25) is 4.98 Å². The van der Waals surface area contributed by atoms with Crippen molar-refractivity contribution in [3.05, 3.63) is 30.5 Å². The minimum atomic E-state index is -0.939. The van der Waals surface area contributed by atoms with Gasteiger partial charge in [0.1, 0.15) is 0 Å². The maximum absolute atomic E-state index is 10.3. The van der Waals surface area contributed by atoms with E-state index in [4.69, 9.17) is 10.5 Å². The fourth-order valence-electron chi connectivity index (χ4n) is 2.15. The Labute approximate surface area is 125 Å². The average Bonchev–Trinajstić information content (AvgIpc) is 2.44. The number of nitrogens with one attached hydrogen (secondary N) is 1. The molecule has 0 bridgehead atoms. The number of ether oxygens (including phenoxy) is 1. The molecule has 1 heterocycles. The second kappa shape index (κ2) is 6.28. The van der Waals surface area contributed by atoms with Gasteiger partial charge < -0.3 is 20.9 Å². The smallest absolute Gasteiger partial charge is 0.0814 e. The monoisotopic (exact) mass is 289 g/mol. The first-order chi connectivity index (χ1) is 9.93. The molecule has 21 heavy (non-hydrogen) atoms. The Hall–Kier alpha value is -1.85. The van der Waals surface area contributed by atoms with Gasteiger partial charge in [0.15, 0.2) is 0 Å². The molecule has 5 nitrogen and oxygen atoms in total. The summed E-state index contributed by atoms with van der Waals surface area (Å²) in [5, 5.41) is 14.6. The number of aliphatic hydroxyl groups is 1. The van der Waals surface area contributed by atoms with Gasteiger partial charge >= 0.3 is 0 Å². The van der Waals surface area contributed by atoms with Crippen LogP contribution in [0.2, 0.25) is 0 Å². The molecule has 0 radical (unpaired) electrons. The van der Waals surface area contributed by atoms with Gasteiger partial charge in [0.05, 0.1) is 41.3 Å². The summed E-state index contributed by atoms with van der Waals surface area (Å²) in [5.41, 5.74) is 7.32. The minimum absolute atomic E-state index is 0.273. The third-order valence-corrected chi connectivity index (χ3v) is 3.46. The highest BCUT2D eigenvalue weighted by Gasteiger charge is 2.28. The fraction of sp³-hybridized carbons (Fsp3) is 0.438. The van der Waals surface area contributed by atoms with Gasteiger partial charge in [-0.25, -0.2) is 0 Å². The van der Waals surface area contributed by atoms with E-state index in [0.717, 1.165) is 16.6 Å². The van der Waals surface area contributed by atoms with E-state index in [0.29, 0.717) is 18.9 Å². The highest BCUT2D eigenvalue weighted by molar-refractivity contribution is 5.97. The molecule has 0 aliphatic rings. The van der Waals surface area contributed by atoms with Gasteiger partial charge in [0.25, 0.3) is 0 Å². The second-order valence-corrected chi connectivity index (χ2v) is 5.62. The average molecular weight is 289 g/mol. The van der Waals surface area contributed by atoms with Crippen LogP contribution in [0.5, 0.6) is 0 Å². The van der Waals surface area contributed by atoms with Crippen LogP contribution in [0.3, 0.4) is 0 Å². The first-order valence-electron chi connectivity index (χ1n) is 7.13. The molecule has 2 rings (SSSR count). The van der Waals surface area contributed by atoms with E-state index in [9.17, 15) is 5.11 Å². The SMILES string of the molecule is CCOC[C@@H](Nc1c(N)cnc2ccccc12)C(C)(C)O. The maximum Gasteiger partial charge on any atom is 0.0814 e. The van der Waals surface area contributed by atoms with Gasteiger partial charge in [-0.2, -0.15) is 0 Å². The molecule has 1 aromatic heterocycles. The van der Waals surface area contributed by atoms with Crippen molar-refractivity contribution >= 4 is 22.3 Å². The number of benzene rings is 1. The van der Waals surface area contributed by atoms with E-state index in [2.05, 4.69) is 10.3 Å². The lowest BCUT2D eigenvalue weighted by atomic mass is 9.98. The normalized spacial score (nSPS) is 13.3. The first kappa shape index (κ1) is 15.5. The first-order valence-corrected chi connectivity index (χ1v) is 7.13. The number of anilines is 2. The molecule has 0 spiro atoms. The third kappa shape index (κ3) is 3.62. The predicted octanol–water partition coefficient (Wildman–Crippen LogP) is 2.40. The number of para-hydroxylation sites is 1. The number of nitrogen functional groups attached to an aromatic ring is 1. The third-order valence-electron chi connectivity index (χ3n) is 3.46. The number of nitrogens with zero attached hydrogens (tertiary/aromatic N) is 1. The van der Waals surface area contributed by atoms with Crippen LogP contribution in [0.1, 0.15) is 20.8 Å². The highest BCUT2D eigenvalue weighted by Crippen LogP contribution is 2.29. The van der Waals surface area contributed by atoms with Crippen LogP contribution >= 0.6 is 0 Å². The molecular formula is C16H23N3O2. The second-order valence-electron chi connectivity index (χ2n) is 5.62. The number of rotatable bonds is 6. The molecule has 5 heteroatoms. The Bertz CT molecular complexity index is 608. The number of aromatic nitrogens is 1. The van der Waals surface area contributed by atoms with E-state index < -0.39 is 5.60 Å². The van der Waals surface area contributed by atoms with Gasteiger partial charge in [0, 0.05) is 12.0 Å². The number of hydrogen-bond acceptors (Lipinski definition) is 5. The maximum atomic E-state index is 10.3. The van der Waals surface area contributed by atoms with E-state index in [1.807, 2.05) is 31.2 Å². The van der Waals surface area contributed by atoms with Crippen LogP contribution in [-0.4, -0.2) is 34.9 Å². The summed E-state index contributed by atoms with van der Waals surface area (Å²) in [6.07, 6.45) is 1.63. The van der Waals surface area contributed by atoms with Crippen molar-refractivity contribution in [3.8, 4) is 0 Å². The topological polar surface area (TPSA) is 80.4 Å². The van der Waals surface area contributed by atoms with Gasteiger partial charge in [-0.15, -0.1) is 0 Å². The Balaban J connectivity index is 2.38. The zero-order chi connectivity index (χ0) is 15.5. The molecule has 4 N–H and O–H groups in total. The van der Waals surface area contributed by atoms with Gasteiger partial charge in [-0.1, -0.05) is 18.2 Å². The zero-order valence-corrected chi connectivity index (χ0v) is 12.8. The summed E-state index contributed by atoms with van der Waals surface area (Å²) in [5.74, 6) is 0. The largest absolute Gasteiger partial charge is 0.396 e. The molecule has 0 saturated heterocycles. The fourth-order valence-corrected chi connectivity index (χ4v) is 2.15. The molecule has 0 aliphatic carbocycles. The molecule has 2 aromatic rings. The Kier molecular flexibility index (Phi) is 4.65. The lowest BCUT2D eigenvalue weighted by Crippen LogP contribution is -2.45. The van der Waals surface area contributed by atoms with Crippen molar-refractivity contribution in [2.24, 2.45) is 0 Å². The van der Waals surface area contributed by atoms with Crippen LogP contribution < -0.4 is 11.1 Å². The van der Waals surface area contributed by atoms with Crippen LogP contribution in [-0.2, 0) is 4.74 Å². The summed E-state index contributed by atoms with van der Waals surface area (Å²) in [6.45, 7) is 6.43. The Morgan fingerprint density at radius 1 is 1.38 bits per heavy atom. The molecule has 114 valence electrons. The van der Waals surface area contributed by atoms with Crippen LogP contribution in [0, 0.1) is 0 Å². The highest BCUT2D eigenvalue weighted by atomic mass is 16.5. The van der Waals surface area contributed by atoms with Gasteiger partial charge in [0.2, 0.25) is 0 Å². The summed E-state index contributed by atoms with van der Waals surface area (Å²) >= 11 is 0. The molecule has 0 fully saturated rings. The quantitative estimate of drug-likeness (QED) is 0.761. The summed E-state index contributed by atoms with van der Waals surface area (Å²) < 4.78 is 5.47. The van der Waals surface area contributed by atoms with Crippen molar-refractivity contribution in [2.45, 2.75) is 32.4 Å². The number of pyridine rings is 1. The Morgan fingerprint density at radius 3 is 2.76 bits per heavy atom. The molecular weight excluding hydrogens is 266 g/mol. The number of nitrogens with two attached hydrogens (primary N) is 1. The zero-order valence-electron chi connectivity index (χ0n) is 12.8. The lowest BCUT2D eigenvalue weighted by molar-refractivity contribution is 0.0183. The minimum Gasteiger partial charge on any atom is -0.396 e. The van der Waals surface area contributed by atoms with Crippen molar-refractivity contribution in [2.75, 3.05) is 24.3 Å². The molecule has 1 atom stereocenters. The summed E-state index contributed by atoms with van der Waals surface area (Å²) in [6, 6.07) is 7.50. The van der Waals surface area contributed by atoms with E-state index in [1.54, 1.807) is 20.0 Å². The molecule has 0 unspecified atom stereocenters. The lowest BCUT2D eigenvalue weighted by Gasteiger charge is -2.31.